The molecule has 0 saturated carbocycles. The Morgan fingerprint density at radius 1 is 0.220 bits per heavy atom. The summed E-state index contributed by atoms with van der Waals surface area (Å²) in [5.41, 5.74) is 22.5. The van der Waals surface area contributed by atoms with Crippen molar-refractivity contribution in [3.05, 3.63) is 98.6 Å². The third-order valence-corrected chi connectivity index (χ3v) is 30.8. The van der Waals surface area contributed by atoms with E-state index in [2.05, 4.69) is 129 Å². The van der Waals surface area contributed by atoms with Crippen LogP contribution in [0.3, 0.4) is 0 Å². The van der Waals surface area contributed by atoms with E-state index < -0.39 is 0 Å². The van der Waals surface area contributed by atoms with Gasteiger partial charge in [-0.25, -0.2) is 0 Å². The van der Waals surface area contributed by atoms with E-state index in [1.165, 1.54) is 652 Å². The van der Waals surface area contributed by atoms with Crippen molar-refractivity contribution in [2.75, 3.05) is 0 Å². The number of allylic oxidation sites excluding steroid dienone is 4. The fourth-order valence-corrected chi connectivity index (χ4v) is 21.8. The SMILES string of the molecule is CCCCCCCCCCCCCCCCCCCCCCCCCC=CC(=C=[N+]=[N-])C(CCCC)=C(c1cc(CCCC)cc(CCCC)c1)c1cc(CCCCCCCC)cc(CCCCCCCC)c1.CCCCCCCCCCCCCCCCCCCCCCCCCCCC[CH2][Ni][CH2]CCCCCCCCCCCCCCCCCCCCCCCCCCCC. The van der Waals surface area contributed by atoms with Crippen molar-refractivity contribution in [3.8, 4) is 0 Å². The maximum atomic E-state index is 10.3. The van der Waals surface area contributed by atoms with Crippen molar-refractivity contribution in [1.82, 2.24) is 0 Å². The zero-order chi connectivity index (χ0) is 94.8. The van der Waals surface area contributed by atoms with Crippen molar-refractivity contribution in [2.24, 2.45) is 0 Å². The summed E-state index contributed by atoms with van der Waals surface area (Å²) in [7, 11) is 0. The normalized spacial score (nSPS) is 11.8. The summed E-state index contributed by atoms with van der Waals surface area (Å²) in [6.07, 6.45) is 147. The molecule has 0 aromatic heterocycles. The van der Waals surface area contributed by atoms with Gasteiger partial charge in [0.05, 0.1) is 0 Å². The average Bonchev–Trinajstić information content (AvgIpc) is 0.784. The van der Waals surface area contributed by atoms with Crippen LogP contribution in [0.2, 0.25) is 10.8 Å². The first-order valence-electron chi connectivity index (χ1n) is 61.5. The van der Waals surface area contributed by atoms with Gasteiger partial charge in [0.2, 0.25) is 0 Å². The molecule has 0 bridgehead atoms. The fourth-order valence-electron chi connectivity index (χ4n) is 20.5. The van der Waals surface area contributed by atoms with Gasteiger partial charge in [-0.1, -0.05) is 528 Å². The predicted molar refractivity (Wildman–Crippen MR) is 598 cm³/mol. The Hall–Kier alpha value is -2.43. The zero-order valence-electron chi connectivity index (χ0n) is 91.7. The Morgan fingerprint density at radius 2 is 0.402 bits per heavy atom. The second-order valence-corrected chi connectivity index (χ2v) is 44.2. The number of benzene rings is 2. The van der Waals surface area contributed by atoms with Crippen LogP contribution < -0.4 is 0 Å². The van der Waals surface area contributed by atoms with Crippen molar-refractivity contribution < 1.29 is 19.2 Å². The molecule has 0 aliphatic rings. The van der Waals surface area contributed by atoms with Crippen molar-refractivity contribution >= 4 is 11.4 Å². The van der Waals surface area contributed by atoms with E-state index in [-0.39, 0.29) is 0 Å². The van der Waals surface area contributed by atoms with Gasteiger partial charge in [0.1, 0.15) is 5.57 Å². The van der Waals surface area contributed by atoms with Crippen LogP contribution in [0.25, 0.3) is 11.1 Å². The Bertz CT molecular complexity index is 2630. The number of unbranched alkanes of at least 4 members (excludes halogenated alkanes) is 88. The molecule has 0 radical (unpaired) electrons. The third-order valence-electron chi connectivity index (χ3n) is 29.4. The topological polar surface area (TPSA) is 36.4 Å². The van der Waals surface area contributed by atoms with Crippen LogP contribution in [-0.2, 0) is 40.1 Å². The Kier molecular flexibility index (Phi) is 105. The van der Waals surface area contributed by atoms with Crippen LogP contribution in [-0.4, -0.2) is 10.7 Å². The second-order valence-electron chi connectivity index (χ2n) is 42.7. The summed E-state index contributed by atoms with van der Waals surface area (Å²) in [4.78, 5) is 3.67. The van der Waals surface area contributed by atoms with Gasteiger partial charge in [-0.15, -0.1) is 4.79 Å². The Labute approximate surface area is 838 Å². The van der Waals surface area contributed by atoms with E-state index in [9.17, 15) is 5.53 Å². The minimum Gasteiger partial charge on any atom is -0.0654 e. The molecule has 2 nitrogen and oxygen atoms in total. The quantitative estimate of drug-likeness (QED) is 0.0158. The van der Waals surface area contributed by atoms with Gasteiger partial charge in [-0.05, 0) is 128 Å². The summed E-state index contributed by atoms with van der Waals surface area (Å²) in [5.74, 6) is 3.18. The van der Waals surface area contributed by atoms with E-state index in [0.717, 1.165) is 56.9 Å². The van der Waals surface area contributed by atoms with Crippen LogP contribution in [0, 0.1) is 0 Å². The monoisotopic (exact) mass is 1870 g/mol. The van der Waals surface area contributed by atoms with E-state index >= 15 is 0 Å². The van der Waals surface area contributed by atoms with Gasteiger partial charge in [-0.3, -0.25) is 0 Å². The van der Waals surface area contributed by atoms with Gasteiger partial charge < -0.3 is 5.53 Å². The summed E-state index contributed by atoms with van der Waals surface area (Å²) in [6.45, 7) is 18.5. The molecule has 774 valence electrons. The molecule has 2 rings (SSSR count). The van der Waals surface area contributed by atoms with Crippen LogP contribution in [0.1, 0.15) is 712 Å². The Morgan fingerprint density at radius 3 is 0.606 bits per heavy atom. The molecule has 132 heavy (non-hydrogen) atoms. The Balaban J connectivity index is 0.00000135. The van der Waals surface area contributed by atoms with Crippen LogP contribution in [0.15, 0.2) is 59.7 Å². The van der Waals surface area contributed by atoms with E-state index in [0.29, 0.717) is 0 Å². The van der Waals surface area contributed by atoms with Gasteiger partial charge in [-0.2, -0.15) is 0 Å². The molecule has 0 aliphatic carbocycles. The molecular formula is C129H238N2Ni. The van der Waals surface area contributed by atoms with Crippen LogP contribution in [0.5, 0.6) is 0 Å². The van der Waals surface area contributed by atoms with Gasteiger partial charge in [0.25, 0.3) is 0 Å². The van der Waals surface area contributed by atoms with Gasteiger partial charge >= 0.3 is 172 Å². The number of hydrogen-bond donors (Lipinski definition) is 0. The molecular weight excluding hydrogens is 1640 g/mol. The molecule has 0 N–H and O–H groups in total. The van der Waals surface area contributed by atoms with E-state index in [4.69, 9.17) is 0 Å². The van der Waals surface area contributed by atoms with Crippen molar-refractivity contribution in [2.45, 2.75) is 715 Å². The standard InChI is InChI=1S/C71H120N2.2C29H59.Ni/c1-7-13-19-22-25-26-27-28-29-30-31-32-33-34-35-36-37-38-39-40-41-42-43-46-49-54-67(62-73-72)70(55-18-12-6)71(68-58-63(50-16-10-4)56-64(59-68)51-17-11-5)69-60-65(52-47-44-23-20-14-8-2)57-66(61-69)53-48-45-24-21-15-9-3;2*1-3-5-7-9-11-13-15-17-19-21-23-25-27-29-28-26-24-22-20-18-16-14-12-10-8-6-4-2;/h49,54,56-61H,7-48,50-53,55H2,1-6H3;2*1,3-29H2,2H3;. The van der Waals surface area contributed by atoms with Gasteiger partial charge in [0, 0.05) is 0 Å². The fraction of sp³-hybridized carbons (Fsp3) is 0.860. The summed E-state index contributed by atoms with van der Waals surface area (Å²) >= 11 is 2.05. The molecule has 0 heterocycles. The number of rotatable bonds is 107. The third kappa shape index (κ3) is 89.0. The first-order valence-corrected chi connectivity index (χ1v) is 62.9. The number of nitrogens with zero attached hydrogens (tertiary/aromatic N) is 2. The molecule has 0 saturated heterocycles. The molecule has 0 unspecified atom stereocenters. The summed E-state index contributed by atoms with van der Waals surface area (Å²) in [6, 6.07) is 15.2. The molecule has 2 aromatic rings. The molecule has 2 aromatic carbocycles. The molecule has 0 aliphatic heterocycles. The van der Waals surface area contributed by atoms with E-state index in [1.54, 1.807) is 0 Å². The van der Waals surface area contributed by atoms with Crippen molar-refractivity contribution in [3.63, 3.8) is 0 Å². The molecule has 3 heteroatoms. The summed E-state index contributed by atoms with van der Waals surface area (Å²) < 4.78 is 0. The first kappa shape index (κ1) is 128. The first-order chi connectivity index (χ1) is 65.5. The predicted octanol–water partition coefficient (Wildman–Crippen LogP) is 46.9. The minimum atomic E-state index is 0.936. The number of hydrogen-bond acceptors (Lipinski definition) is 0. The van der Waals surface area contributed by atoms with Crippen LogP contribution >= 0.6 is 0 Å². The number of aryl methyl sites for hydroxylation is 4. The molecule has 0 atom stereocenters. The maximum absolute atomic E-state index is 10.3. The summed E-state index contributed by atoms with van der Waals surface area (Å²) in [5, 5.41) is 2.87. The minimum absolute atomic E-state index is 0.936. The van der Waals surface area contributed by atoms with Crippen LogP contribution in [0.4, 0.5) is 0 Å². The average molecular weight is 1880 g/mol. The zero-order valence-corrected chi connectivity index (χ0v) is 92.6. The molecule has 0 spiro atoms. The molecule has 0 amide bonds. The van der Waals surface area contributed by atoms with Crippen molar-refractivity contribution in [1.29, 1.82) is 0 Å². The molecule has 0 fully saturated rings. The van der Waals surface area contributed by atoms with E-state index in [1.807, 2.05) is 0 Å². The van der Waals surface area contributed by atoms with Gasteiger partial charge in [0.15, 0.2) is 0 Å². The second kappa shape index (κ2) is 109. The smallest absolute Gasteiger partial charge is 0.0654 e.